The number of hydrogen-bond acceptors (Lipinski definition) is 15. The van der Waals surface area contributed by atoms with Crippen molar-refractivity contribution in [2.45, 2.75) is 127 Å². The van der Waals surface area contributed by atoms with Gasteiger partial charge in [-0.2, -0.15) is 0 Å². The molecule has 3 aliphatic heterocycles. The Bertz CT molecular complexity index is 1980. The first-order valence-electron chi connectivity index (χ1n) is 22.5. The third-order valence-corrected chi connectivity index (χ3v) is 14.0. The van der Waals surface area contributed by atoms with Crippen molar-refractivity contribution >= 4 is 80.7 Å². The first-order valence-corrected chi connectivity index (χ1v) is 25.0. The largest absolute Gasteiger partial charge is 0.494 e. The molecule has 3 saturated heterocycles. The Morgan fingerprint density at radius 3 is 2.25 bits per heavy atom. The van der Waals surface area contributed by atoms with Crippen molar-refractivity contribution in [3.63, 3.8) is 0 Å². The quantitative estimate of drug-likeness (QED) is 0.0623. The van der Waals surface area contributed by atoms with Crippen LogP contribution in [-0.2, 0) is 54.4 Å². The highest BCUT2D eigenvalue weighted by Gasteiger charge is 2.49. The molecule has 0 radical (unpaired) electrons. The summed E-state index contributed by atoms with van der Waals surface area (Å²) in [4.78, 5) is 138. The van der Waals surface area contributed by atoms with Crippen LogP contribution in [0.3, 0.4) is 0 Å². The van der Waals surface area contributed by atoms with Crippen LogP contribution in [0.4, 0.5) is 0 Å². The van der Waals surface area contributed by atoms with Gasteiger partial charge in [0.05, 0.1) is 25.7 Å². The zero-order chi connectivity index (χ0) is 49.4. The van der Waals surface area contributed by atoms with Crippen LogP contribution in [0.1, 0.15) is 78.2 Å². The molecule has 10 amide bonds. The number of likely N-dealkylation sites (tertiary alicyclic amines) is 1. The predicted molar refractivity (Wildman–Crippen MR) is 247 cm³/mol. The van der Waals surface area contributed by atoms with Crippen LogP contribution in [-0.4, -0.2) is 160 Å². The SMILES string of the molecule is CCOc1ccc(C[C@H]2NC(=O)CCSSC[C@@H](C(=O)N3CCC[C@H]3C(=O)N[C@@H](CCCN)C(=O)NCC(N)=O)N3C(=O)C[C@H](NC(=O)[C@H]([C@@H](C)O)NC(=O)[C@H]([C@@H](C)CC)NC2=O)C3=O)cc1. The molecule has 0 unspecified atom stereocenters. The summed E-state index contributed by atoms with van der Waals surface area (Å²) >= 11 is 0. The van der Waals surface area contributed by atoms with E-state index in [0.717, 1.165) is 26.5 Å². The number of amides is 10. The molecule has 1 aromatic carbocycles. The molecule has 3 fully saturated rings. The topological polar surface area (TPSA) is 331 Å². The van der Waals surface area contributed by atoms with Crippen molar-refractivity contribution in [1.29, 1.82) is 0 Å². The lowest BCUT2D eigenvalue weighted by Crippen LogP contribution is -2.61. The van der Waals surface area contributed by atoms with E-state index in [1.165, 1.54) is 11.8 Å². The van der Waals surface area contributed by atoms with Gasteiger partial charge in [-0.05, 0) is 69.7 Å². The minimum Gasteiger partial charge on any atom is -0.494 e. The van der Waals surface area contributed by atoms with E-state index in [-0.39, 0.29) is 50.3 Å². The lowest BCUT2D eigenvalue weighted by Gasteiger charge is -2.32. The Kier molecular flexibility index (Phi) is 21.2. The number of carbonyl (C=O) groups excluding carboxylic acids is 10. The van der Waals surface area contributed by atoms with Crippen molar-refractivity contribution in [3.8, 4) is 5.75 Å². The molecule has 3 aliphatic rings. The summed E-state index contributed by atoms with van der Waals surface area (Å²) in [5.74, 6) is -7.67. The van der Waals surface area contributed by atoms with Gasteiger partial charge in [0.25, 0.3) is 5.91 Å². The lowest BCUT2D eigenvalue weighted by molar-refractivity contribution is -0.151. The molecule has 0 aromatic heterocycles. The summed E-state index contributed by atoms with van der Waals surface area (Å²) in [6.07, 6.45) is -0.784. The summed E-state index contributed by atoms with van der Waals surface area (Å²) in [6.45, 7) is 6.79. The van der Waals surface area contributed by atoms with Gasteiger partial charge in [0.15, 0.2) is 0 Å². The molecule has 0 saturated carbocycles. The number of rotatable bonds is 16. The normalized spacial score (nSPS) is 24.9. The van der Waals surface area contributed by atoms with Gasteiger partial charge < -0.3 is 58.1 Å². The summed E-state index contributed by atoms with van der Waals surface area (Å²) in [5, 5.41) is 26.2. The number of hydrogen-bond donors (Lipinski definition) is 9. The summed E-state index contributed by atoms with van der Waals surface area (Å²) in [5.41, 5.74) is 11.5. The fourth-order valence-corrected chi connectivity index (χ4v) is 9.95. The predicted octanol–water partition coefficient (Wildman–Crippen LogP) is -2.28. The van der Waals surface area contributed by atoms with E-state index < -0.39 is 126 Å². The number of ether oxygens (including phenoxy) is 1. The van der Waals surface area contributed by atoms with Gasteiger partial charge in [-0.15, -0.1) is 0 Å². The van der Waals surface area contributed by atoms with Gasteiger partial charge in [-0.1, -0.05) is 54.0 Å². The molecule has 370 valence electrons. The van der Waals surface area contributed by atoms with E-state index in [9.17, 15) is 53.1 Å². The van der Waals surface area contributed by atoms with Crippen LogP contribution >= 0.6 is 21.6 Å². The van der Waals surface area contributed by atoms with E-state index >= 15 is 0 Å². The van der Waals surface area contributed by atoms with Gasteiger partial charge in [0.1, 0.15) is 48.0 Å². The highest BCUT2D eigenvalue weighted by molar-refractivity contribution is 8.76. The number of aliphatic hydroxyl groups excluding tert-OH is 1. The van der Waals surface area contributed by atoms with Crippen molar-refractivity contribution in [2.24, 2.45) is 17.4 Å². The summed E-state index contributed by atoms with van der Waals surface area (Å²) < 4.78 is 5.54. The maximum absolute atomic E-state index is 14.6. The molecular weight excluding hydrogens is 913 g/mol. The average molecular weight is 977 g/mol. The molecule has 22 nitrogen and oxygen atoms in total. The summed E-state index contributed by atoms with van der Waals surface area (Å²) in [6, 6.07) is -2.36. The Balaban J connectivity index is 1.64. The standard InChI is InChI=1S/C43H64N10O12S2/c1-5-23(3)35-40(61)51-36(24(4)54)41(62)49-29-20-34(57)53(42(29)63)31(43(64)52-17-8-10-30(52)39(60)48-27(9-7-16-44)37(58)46-21-32(45)55)22-67-66-18-15-33(56)47-28(38(59)50-35)19-25-11-13-26(14-12-25)65-6-2/h11-14,23-24,27-31,35-36,54H,5-10,15-22,44H2,1-4H3,(H2,45,55)(H,46,58)(H,47,56)(H,48,60)(H,49,62)(H,50,59)(H,51,61)/t23-,24+,27-,28+,29-,30-,31-,35-,36-/m0/s1. The number of nitrogens with one attached hydrogen (secondary N) is 6. The third-order valence-electron chi connectivity index (χ3n) is 11.6. The van der Waals surface area contributed by atoms with Gasteiger partial charge in [0.2, 0.25) is 53.2 Å². The number of aliphatic hydroxyl groups is 1. The zero-order valence-corrected chi connectivity index (χ0v) is 39.8. The number of carbonyl (C=O) groups is 10. The Hall–Kier alpha value is -5.46. The van der Waals surface area contributed by atoms with E-state index in [1.807, 2.05) is 6.92 Å². The third kappa shape index (κ3) is 15.3. The van der Waals surface area contributed by atoms with Crippen molar-refractivity contribution in [2.75, 3.05) is 37.7 Å². The molecule has 24 heteroatoms. The lowest BCUT2D eigenvalue weighted by atomic mass is 9.96. The molecule has 1 aromatic rings. The minimum absolute atomic E-state index is 0.0366. The first kappa shape index (κ1) is 54.1. The number of benzene rings is 1. The minimum atomic E-state index is -1.67. The van der Waals surface area contributed by atoms with E-state index in [1.54, 1.807) is 38.1 Å². The first-order chi connectivity index (χ1) is 31.9. The molecule has 9 atom stereocenters. The van der Waals surface area contributed by atoms with Crippen LogP contribution in [0, 0.1) is 5.92 Å². The van der Waals surface area contributed by atoms with Crippen LogP contribution < -0.4 is 48.1 Å². The van der Waals surface area contributed by atoms with Crippen molar-refractivity contribution < 1.29 is 57.8 Å². The number of primary amides is 1. The molecule has 0 spiro atoms. The fraction of sp³-hybridized carbons (Fsp3) is 0.628. The van der Waals surface area contributed by atoms with Crippen LogP contribution in [0.2, 0.25) is 0 Å². The van der Waals surface area contributed by atoms with E-state index in [0.29, 0.717) is 37.2 Å². The Morgan fingerprint density at radius 1 is 0.925 bits per heavy atom. The maximum Gasteiger partial charge on any atom is 0.253 e. The maximum atomic E-state index is 14.6. The second-order valence-electron chi connectivity index (χ2n) is 16.6. The summed E-state index contributed by atoms with van der Waals surface area (Å²) in [7, 11) is 2.24. The molecule has 0 aliphatic carbocycles. The van der Waals surface area contributed by atoms with E-state index in [2.05, 4.69) is 31.9 Å². The van der Waals surface area contributed by atoms with Crippen LogP contribution in [0.25, 0.3) is 0 Å². The molecule has 3 heterocycles. The smallest absolute Gasteiger partial charge is 0.253 e. The molecule has 4 rings (SSSR count). The van der Waals surface area contributed by atoms with Gasteiger partial charge in [0, 0.05) is 30.9 Å². The molecular formula is C43H64N10O12S2. The number of fused-ring (bicyclic) bond motifs is 2. The monoisotopic (exact) mass is 976 g/mol. The van der Waals surface area contributed by atoms with Gasteiger partial charge in [-0.3, -0.25) is 52.8 Å². The molecule has 67 heavy (non-hydrogen) atoms. The van der Waals surface area contributed by atoms with Gasteiger partial charge in [-0.25, -0.2) is 0 Å². The fourth-order valence-electron chi connectivity index (χ4n) is 7.77. The molecule has 11 N–H and O–H groups in total. The second kappa shape index (κ2) is 26.2. The highest BCUT2D eigenvalue weighted by Crippen LogP contribution is 2.30. The highest BCUT2D eigenvalue weighted by atomic mass is 33.1. The van der Waals surface area contributed by atoms with E-state index in [4.69, 9.17) is 16.2 Å². The van der Waals surface area contributed by atoms with Crippen LogP contribution in [0.15, 0.2) is 24.3 Å². The van der Waals surface area contributed by atoms with Crippen molar-refractivity contribution in [3.05, 3.63) is 29.8 Å². The average Bonchev–Trinajstić information content (AvgIpc) is 3.89. The van der Waals surface area contributed by atoms with Crippen molar-refractivity contribution in [1.82, 2.24) is 41.7 Å². The number of nitrogens with two attached hydrogens (primary N) is 2. The van der Waals surface area contributed by atoms with Gasteiger partial charge >= 0.3 is 0 Å². The van der Waals surface area contributed by atoms with Crippen LogP contribution in [0.5, 0.6) is 5.75 Å². The number of nitrogens with zero attached hydrogens (tertiary/aromatic N) is 2. The Labute approximate surface area is 397 Å². The zero-order valence-electron chi connectivity index (χ0n) is 38.2. The molecule has 2 bridgehead atoms. The number of imide groups is 1. The Morgan fingerprint density at radius 2 is 1.61 bits per heavy atom. The second-order valence-corrected chi connectivity index (χ2v) is 19.2.